The molecule has 7 nitrogen and oxygen atoms in total. The molecule has 1 amide bonds. The minimum atomic E-state index is -0.378. The predicted octanol–water partition coefficient (Wildman–Crippen LogP) is 3.56. The first kappa shape index (κ1) is 17.4. The Hall–Kier alpha value is -3.00. The molecule has 8 heteroatoms. The molecule has 2 aromatic heterocycles. The monoisotopic (exact) mass is 382 g/mol. The van der Waals surface area contributed by atoms with Crippen molar-refractivity contribution < 1.29 is 9.72 Å². The van der Waals surface area contributed by atoms with Crippen LogP contribution in [0.1, 0.15) is 16.8 Å². The average Bonchev–Trinajstić information content (AvgIpc) is 3.11. The number of carbonyl (C=O) groups excluding carboxylic acids is 1. The van der Waals surface area contributed by atoms with E-state index >= 15 is 0 Å². The summed E-state index contributed by atoms with van der Waals surface area (Å²) in [6.07, 6.45) is 4.04. The number of hydrogen-bond donors (Lipinski definition) is 0. The molecule has 0 bridgehead atoms. The molecule has 0 saturated carbocycles. The van der Waals surface area contributed by atoms with Crippen molar-refractivity contribution >= 4 is 39.4 Å². The van der Waals surface area contributed by atoms with E-state index in [-0.39, 0.29) is 16.5 Å². The molecule has 0 radical (unpaired) electrons. The summed E-state index contributed by atoms with van der Waals surface area (Å²) in [4.78, 5) is 31.7. The Morgan fingerprint density at radius 2 is 2.00 bits per heavy atom. The zero-order valence-electron chi connectivity index (χ0n) is 14.6. The first-order chi connectivity index (χ1) is 13.1. The van der Waals surface area contributed by atoms with Crippen LogP contribution < -0.4 is 4.90 Å². The van der Waals surface area contributed by atoms with E-state index in [1.807, 2.05) is 27.8 Å². The molecular formula is C19H18N4O3S. The first-order valence-electron chi connectivity index (χ1n) is 8.72. The highest BCUT2D eigenvalue weighted by Gasteiger charge is 2.23. The summed E-state index contributed by atoms with van der Waals surface area (Å²) in [5, 5.41) is 16.5. The third-order valence-corrected chi connectivity index (χ3v) is 5.54. The number of thiophene rings is 1. The van der Waals surface area contributed by atoms with Crippen molar-refractivity contribution in [1.29, 1.82) is 0 Å². The smallest absolute Gasteiger partial charge is 0.278 e. The van der Waals surface area contributed by atoms with Crippen LogP contribution in [0, 0.1) is 10.1 Å². The molecule has 0 atom stereocenters. The van der Waals surface area contributed by atoms with E-state index in [1.165, 1.54) is 11.3 Å². The standard InChI is InChI=1S/C19H18N4O3S/c24-19(14-5-11-27-13-14)22-8-1-7-21(9-10-22)17-2-3-18(23(25)26)16-12-20-6-4-15(16)17/h2-6,11-13H,1,7-10H2. The Labute approximate surface area is 160 Å². The fourth-order valence-corrected chi connectivity index (χ4v) is 4.15. The van der Waals surface area contributed by atoms with Gasteiger partial charge in [0.15, 0.2) is 0 Å². The summed E-state index contributed by atoms with van der Waals surface area (Å²) in [5.74, 6) is 0.0656. The molecule has 0 N–H and O–H groups in total. The van der Waals surface area contributed by atoms with E-state index in [0.717, 1.165) is 29.6 Å². The van der Waals surface area contributed by atoms with Gasteiger partial charge in [-0.2, -0.15) is 11.3 Å². The van der Waals surface area contributed by atoms with Crippen LogP contribution in [0.3, 0.4) is 0 Å². The molecule has 3 heterocycles. The Morgan fingerprint density at radius 1 is 1.11 bits per heavy atom. The Balaban J connectivity index is 1.61. The Bertz CT molecular complexity index is 990. The zero-order valence-corrected chi connectivity index (χ0v) is 15.4. The lowest BCUT2D eigenvalue weighted by Crippen LogP contribution is -2.35. The Morgan fingerprint density at radius 3 is 2.78 bits per heavy atom. The Kier molecular flexibility index (Phi) is 4.72. The van der Waals surface area contributed by atoms with Crippen LogP contribution in [0.15, 0.2) is 47.4 Å². The predicted molar refractivity (Wildman–Crippen MR) is 105 cm³/mol. The van der Waals surface area contributed by atoms with E-state index in [9.17, 15) is 14.9 Å². The molecule has 1 aromatic carbocycles. The van der Waals surface area contributed by atoms with Gasteiger partial charge in [-0.05, 0) is 30.0 Å². The fraction of sp³-hybridized carbons (Fsp3) is 0.263. The van der Waals surface area contributed by atoms with Crippen LogP contribution in [-0.2, 0) is 0 Å². The van der Waals surface area contributed by atoms with Gasteiger partial charge >= 0.3 is 0 Å². The molecule has 0 spiro atoms. The molecule has 4 rings (SSSR count). The van der Waals surface area contributed by atoms with Crippen molar-refractivity contribution in [2.75, 3.05) is 31.1 Å². The lowest BCUT2D eigenvalue weighted by Gasteiger charge is -2.25. The number of fused-ring (bicyclic) bond motifs is 1. The number of pyridine rings is 1. The number of nitrogens with zero attached hydrogens (tertiary/aromatic N) is 4. The van der Waals surface area contributed by atoms with E-state index in [4.69, 9.17) is 0 Å². The van der Waals surface area contributed by atoms with Crippen molar-refractivity contribution in [3.05, 3.63) is 63.1 Å². The van der Waals surface area contributed by atoms with Crippen LogP contribution >= 0.6 is 11.3 Å². The van der Waals surface area contributed by atoms with E-state index in [0.29, 0.717) is 25.0 Å². The average molecular weight is 382 g/mol. The van der Waals surface area contributed by atoms with Crippen molar-refractivity contribution in [3.63, 3.8) is 0 Å². The number of non-ortho nitro benzene ring substituents is 1. The summed E-state index contributed by atoms with van der Waals surface area (Å²) >= 11 is 1.52. The summed E-state index contributed by atoms with van der Waals surface area (Å²) < 4.78 is 0. The maximum Gasteiger partial charge on any atom is 0.278 e. The molecule has 0 aliphatic carbocycles. The van der Waals surface area contributed by atoms with Gasteiger partial charge in [0.1, 0.15) is 0 Å². The number of benzene rings is 1. The van der Waals surface area contributed by atoms with Crippen LogP contribution in [0.4, 0.5) is 11.4 Å². The maximum absolute atomic E-state index is 12.6. The molecule has 1 aliphatic rings. The molecule has 0 unspecified atom stereocenters. The van der Waals surface area contributed by atoms with Gasteiger partial charge in [0.25, 0.3) is 11.6 Å². The number of hydrogen-bond acceptors (Lipinski definition) is 6. The summed E-state index contributed by atoms with van der Waals surface area (Å²) in [6.45, 7) is 2.81. The highest BCUT2D eigenvalue weighted by molar-refractivity contribution is 7.08. The quantitative estimate of drug-likeness (QED) is 0.511. The number of nitro benzene ring substituents is 1. The maximum atomic E-state index is 12.6. The third kappa shape index (κ3) is 3.35. The molecule has 1 aliphatic heterocycles. The molecule has 1 fully saturated rings. The lowest BCUT2D eigenvalue weighted by atomic mass is 10.1. The molecule has 27 heavy (non-hydrogen) atoms. The second kappa shape index (κ2) is 7.32. The van der Waals surface area contributed by atoms with Gasteiger partial charge in [-0.25, -0.2) is 0 Å². The van der Waals surface area contributed by atoms with Crippen molar-refractivity contribution in [2.45, 2.75) is 6.42 Å². The zero-order chi connectivity index (χ0) is 18.8. The van der Waals surface area contributed by atoms with Crippen LogP contribution in [0.25, 0.3) is 10.8 Å². The van der Waals surface area contributed by atoms with E-state index in [2.05, 4.69) is 9.88 Å². The van der Waals surface area contributed by atoms with Crippen LogP contribution in [-0.4, -0.2) is 46.9 Å². The second-order valence-corrected chi connectivity index (χ2v) is 7.21. The van der Waals surface area contributed by atoms with Gasteiger partial charge in [0.05, 0.1) is 15.9 Å². The van der Waals surface area contributed by atoms with Crippen molar-refractivity contribution in [3.8, 4) is 0 Å². The van der Waals surface area contributed by atoms with Gasteiger partial charge in [-0.3, -0.25) is 19.9 Å². The number of amides is 1. The number of rotatable bonds is 3. The summed E-state index contributed by atoms with van der Waals surface area (Å²) in [6, 6.07) is 7.01. The van der Waals surface area contributed by atoms with E-state index < -0.39 is 0 Å². The normalized spacial score (nSPS) is 15.0. The first-order valence-corrected chi connectivity index (χ1v) is 9.67. The minimum absolute atomic E-state index is 0.0611. The highest BCUT2D eigenvalue weighted by Crippen LogP contribution is 2.33. The summed E-state index contributed by atoms with van der Waals surface area (Å²) in [7, 11) is 0. The SMILES string of the molecule is O=C(c1ccsc1)N1CCCN(c2ccc([N+](=O)[O-])c3cnccc23)CC1. The largest absolute Gasteiger partial charge is 0.369 e. The van der Waals surface area contributed by atoms with Crippen molar-refractivity contribution in [1.82, 2.24) is 9.88 Å². The van der Waals surface area contributed by atoms with Gasteiger partial charge in [0.2, 0.25) is 0 Å². The number of carbonyl (C=O) groups is 1. The highest BCUT2D eigenvalue weighted by atomic mass is 32.1. The second-order valence-electron chi connectivity index (χ2n) is 6.43. The number of anilines is 1. The summed E-state index contributed by atoms with van der Waals surface area (Å²) in [5.41, 5.74) is 1.74. The lowest BCUT2D eigenvalue weighted by molar-refractivity contribution is -0.383. The topological polar surface area (TPSA) is 79.6 Å². The van der Waals surface area contributed by atoms with Gasteiger partial charge < -0.3 is 9.80 Å². The van der Waals surface area contributed by atoms with E-state index in [1.54, 1.807) is 24.5 Å². The number of nitro groups is 1. The van der Waals surface area contributed by atoms with Crippen LogP contribution in [0.5, 0.6) is 0 Å². The minimum Gasteiger partial charge on any atom is -0.369 e. The van der Waals surface area contributed by atoms with Gasteiger partial charge in [0, 0.05) is 61.1 Å². The molecule has 1 saturated heterocycles. The van der Waals surface area contributed by atoms with Gasteiger partial charge in [-0.1, -0.05) is 0 Å². The third-order valence-electron chi connectivity index (χ3n) is 4.86. The molecular weight excluding hydrogens is 364 g/mol. The van der Waals surface area contributed by atoms with Crippen LogP contribution in [0.2, 0.25) is 0 Å². The fourth-order valence-electron chi connectivity index (χ4n) is 3.52. The van der Waals surface area contributed by atoms with Gasteiger partial charge in [-0.15, -0.1) is 0 Å². The number of aromatic nitrogens is 1. The van der Waals surface area contributed by atoms with Crippen molar-refractivity contribution in [2.24, 2.45) is 0 Å². The molecule has 138 valence electrons. The molecule has 3 aromatic rings.